The van der Waals surface area contributed by atoms with Crippen LogP contribution in [0.4, 0.5) is 5.69 Å². The lowest BCUT2D eigenvalue weighted by Crippen LogP contribution is -2.49. The average molecular weight is 313 g/mol. The standard InChI is InChI=1S/C14H23N3O3S/c1-11-9-17(10-12(8-15)20-11)13-6-4-5-7-14(13)21(18,19)16(2)3/h4-7,11-12H,8-10,15H2,1-3H3. The van der Waals surface area contributed by atoms with Crippen molar-refractivity contribution in [1.82, 2.24) is 4.31 Å². The van der Waals surface area contributed by atoms with Gasteiger partial charge in [0.1, 0.15) is 4.90 Å². The van der Waals surface area contributed by atoms with Crippen molar-refractivity contribution in [2.45, 2.75) is 24.0 Å². The molecule has 118 valence electrons. The van der Waals surface area contributed by atoms with Gasteiger partial charge in [-0.1, -0.05) is 12.1 Å². The number of morpholine rings is 1. The number of sulfonamides is 1. The molecule has 1 saturated heterocycles. The quantitative estimate of drug-likeness (QED) is 0.875. The van der Waals surface area contributed by atoms with Gasteiger partial charge in [-0.2, -0.15) is 0 Å². The van der Waals surface area contributed by atoms with Crippen LogP contribution < -0.4 is 10.6 Å². The topological polar surface area (TPSA) is 75.9 Å². The van der Waals surface area contributed by atoms with Gasteiger partial charge in [-0.25, -0.2) is 12.7 Å². The van der Waals surface area contributed by atoms with E-state index in [9.17, 15) is 8.42 Å². The second-order valence-corrected chi connectivity index (χ2v) is 7.58. The minimum Gasteiger partial charge on any atom is -0.370 e. The Morgan fingerprint density at radius 1 is 1.33 bits per heavy atom. The molecule has 0 aliphatic carbocycles. The molecule has 2 rings (SSSR count). The normalized spacial score (nSPS) is 23.6. The fraction of sp³-hybridized carbons (Fsp3) is 0.571. The van der Waals surface area contributed by atoms with E-state index in [4.69, 9.17) is 10.5 Å². The first-order chi connectivity index (χ1) is 9.86. The predicted molar refractivity (Wildman–Crippen MR) is 82.9 cm³/mol. The van der Waals surface area contributed by atoms with E-state index in [1.54, 1.807) is 12.1 Å². The minimum absolute atomic E-state index is 0.0161. The lowest BCUT2D eigenvalue weighted by Gasteiger charge is -2.38. The van der Waals surface area contributed by atoms with E-state index in [1.807, 2.05) is 24.0 Å². The van der Waals surface area contributed by atoms with E-state index >= 15 is 0 Å². The summed E-state index contributed by atoms with van der Waals surface area (Å²) in [6.45, 7) is 3.64. The number of anilines is 1. The zero-order chi connectivity index (χ0) is 15.6. The van der Waals surface area contributed by atoms with Gasteiger partial charge in [0.2, 0.25) is 10.0 Å². The van der Waals surface area contributed by atoms with Crippen LogP contribution in [-0.4, -0.2) is 58.7 Å². The Kier molecular flexibility index (Phi) is 4.88. The Bertz CT molecular complexity index is 589. The van der Waals surface area contributed by atoms with Crippen LogP contribution in [-0.2, 0) is 14.8 Å². The van der Waals surface area contributed by atoms with Crippen LogP contribution >= 0.6 is 0 Å². The van der Waals surface area contributed by atoms with Gasteiger partial charge >= 0.3 is 0 Å². The molecule has 0 spiro atoms. The van der Waals surface area contributed by atoms with Gasteiger partial charge in [0.25, 0.3) is 0 Å². The van der Waals surface area contributed by atoms with E-state index in [0.29, 0.717) is 30.2 Å². The minimum atomic E-state index is -3.48. The van der Waals surface area contributed by atoms with Crippen LogP contribution in [0.25, 0.3) is 0 Å². The molecule has 0 saturated carbocycles. The van der Waals surface area contributed by atoms with Gasteiger partial charge in [-0.15, -0.1) is 0 Å². The second-order valence-electron chi connectivity index (χ2n) is 5.46. The van der Waals surface area contributed by atoms with E-state index in [2.05, 4.69) is 0 Å². The van der Waals surface area contributed by atoms with Gasteiger partial charge in [-0.3, -0.25) is 0 Å². The van der Waals surface area contributed by atoms with Gasteiger partial charge in [-0.05, 0) is 19.1 Å². The van der Waals surface area contributed by atoms with Crippen LogP contribution in [0.1, 0.15) is 6.92 Å². The summed E-state index contributed by atoms with van der Waals surface area (Å²) in [6, 6.07) is 7.07. The molecule has 0 aromatic heterocycles. The third kappa shape index (κ3) is 3.37. The third-order valence-corrected chi connectivity index (χ3v) is 5.42. The fourth-order valence-corrected chi connectivity index (χ4v) is 3.61. The van der Waals surface area contributed by atoms with Crippen molar-refractivity contribution in [2.75, 3.05) is 38.6 Å². The molecule has 1 aromatic rings. The van der Waals surface area contributed by atoms with Crippen LogP contribution in [0.15, 0.2) is 29.2 Å². The zero-order valence-electron chi connectivity index (χ0n) is 12.7. The van der Waals surface area contributed by atoms with Crippen molar-refractivity contribution in [3.05, 3.63) is 24.3 Å². The molecule has 7 heteroatoms. The van der Waals surface area contributed by atoms with Crippen molar-refractivity contribution in [2.24, 2.45) is 5.73 Å². The van der Waals surface area contributed by atoms with Crippen LogP contribution in [0.5, 0.6) is 0 Å². The Labute approximate surface area is 126 Å². The first kappa shape index (κ1) is 16.2. The summed E-state index contributed by atoms with van der Waals surface area (Å²) in [5.41, 5.74) is 6.41. The average Bonchev–Trinajstić information content (AvgIpc) is 2.46. The second kappa shape index (κ2) is 6.31. The predicted octanol–water partition coefficient (Wildman–Crippen LogP) is 0.489. The maximum Gasteiger partial charge on any atom is 0.244 e. The van der Waals surface area contributed by atoms with Crippen molar-refractivity contribution >= 4 is 15.7 Å². The summed E-state index contributed by atoms with van der Waals surface area (Å²) in [5.74, 6) is 0. The molecule has 0 bridgehead atoms. The van der Waals surface area contributed by atoms with Crippen LogP contribution in [0, 0.1) is 0 Å². The molecule has 2 atom stereocenters. The number of benzene rings is 1. The number of nitrogens with two attached hydrogens (primary N) is 1. The molecule has 1 aromatic carbocycles. The summed E-state index contributed by atoms with van der Waals surface area (Å²) >= 11 is 0. The Morgan fingerprint density at radius 3 is 2.62 bits per heavy atom. The number of para-hydroxylation sites is 1. The van der Waals surface area contributed by atoms with E-state index in [-0.39, 0.29) is 12.2 Å². The van der Waals surface area contributed by atoms with E-state index < -0.39 is 10.0 Å². The van der Waals surface area contributed by atoms with Crippen LogP contribution in [0.3, 0.4) is 0 Å². The molecule has 1 heterocycles. The molecule has 21 heavy (non-hydrogen) atoms. The highest BCUT2D eigenvalue weighted by Crippen LogP contribution is 2.29. The SMILES string of the molecule is CC1CN(c2ccccc2S(=O)(=O)N(C)C)CC(CN)O1. The number of nitrogens with zero attached hydrogens (tertiary/aromatic N) is 2. The lowest BCUT2D eigenvalue weighted by atomic mass is 10.2. The van der Waals surface area contributed by atoms with Crippen LogP contribution in [0.2, 0.25) is 0 Å². The van der Waals surface area contributed by atoms with Crippen molar-refractivity contribution < 1.29 is 13.2 Å². The maximum atomic E-state index is 12.5. The third-order valence-electron chi connectivity index (χ3n) is 3.55. The Hall–Kier alpha value is -1.15. The lowest BCUT2D eigenvalue weighted by molar-refractivity contribution is -0.0106. The first-order valence-electron chi connectivity index (χ1n) is 6.98. The molecule has 1 aliphatic heterocycles. The highest BCUT2D eigenvalue weighted by molar-refractivity contribution is 7.89. The van der Waals surface area contributed by atoms with Crippen molar-refractivity contribution in [3.8, 4) is 0 Å². The smallest absolute Gasteiger partial charge is 0.244 e. The molecule has 0 amide bonds. The highest BCUT2D eigenvalue weighted by Gasteiger charge is 2.29. The molecule has 1 fully saturated rings. The number of rotatable bonds is 4. The summed E-state index contributed by atoms with van der Waals surface area (Å²) in [4.78, 5) is 2.36. The largest absolute Gasteiger partial charge is 0.370 e. The molecular weight excluding hydrogens is 290 g/mol. The number of hydrogen-bond donors (Lipinski definition) is 1. The molecular formula is C14H23N3O3S. The van der Waals surface area contributed by atoms with Gasteiger partial charge < -0.3 is 15.4 Å². The molecule has 0 radical (unpaired) electrons. The Balaban J connectivity index is 2.41. The zero-order valence-corrected chi connectivity index (χ0v) is 13.5. The van der Waals surface area contributed by atoms with Crippen molar-refractivity contribution in [3.63, 3.8) is 0 Å². The Morgan fingerprint density at radius 2 is 2.00 bits per heavy atom. The number of ether oxygens (including phenoxy) is 1. The summed E-state index contributed by atoms with van der Waals surface area (Å²) in [5, 5.41) is 0. The summed E-state index contributed by atoms with van der Waals surface area (Å²) < 4.78 is 31.9. The van der Waals surface area contributed by atoms with Gasteiger partial charge in [0.15, 0.2) is 0 Å². The fourth-order valence-electron chi connectivity index (χ4n) is 2.51. The molecule has 2 N–H and O–H groups in total. The van der Waals surface area contributed by atoms with Gasteiger partial charge in [0.05, 0.1) is 17.9 Å². The highest BCUT2D eigenvalue weighted by atomic mass is 32.2. The van der Waals surface area contributed by atoms with E-state index in [1.165, 1.54) is 18.4 Å². The van der Waals surface area contributed by atoms with Crippen molar-refractivity contribution in [1.29, 1.82) is 0 Å². The summed E-state index contributed by atoms with van der Waals surface area (Å²) in [7, 11) is -0.402. The maximum absolute atomic E-state index is 12.5. The van der Waals surface area contributed by atoms with E-state index in [0.717, 1.165) is 0 Å². The number of hydrogen-bond acceptors (Lipinski definition) is 5. The monoisotopic (exact) mass is 313 g/mol. The van der Waals surface area contributed by atoms with Gasteiger partial charge in [0, 0.05) is 33.7 Å². The summed E-state index contributed by atoms with van der Waals surface area (Å²) in [6.07, 6.45) is -0.0636. The first-order valence-corrected chi connectivity index (χ1v) is 8.42. The molecule has 2 unspecified atom stereocenters. The molecule has 1 aliphatic rings. The molecule has 6 nitrogen and oxygen atoms in total.